The van der Waals surface area contributed by atoms with Crippen LogP contribution < -0.4 is 10.0 Å². The zero-order chi connectivity index (χ0) is 15.5. The Morgan fingerprint density at radius 1 is 1.48 bits per heavy atom. The number of hydrogen-bond acceptors (Lipinski definition) is 5. The lowest BCUT2D eigenvalue weighted by molar-refractivity contribution is -0.120. The lowest BCUT2D eigenvalue weighted by Crippen LogP contribution is -2.36. The van der Waals surface area contributed by atoms with Crippen molar-refractivity contribution >= 4 is 38.9 Å². The van der Waals surface area contributed by atoms with E-state index in [2.05, 4.69) is 10.0 Å². The second kappa shape index (κ2) is 6.61. The third kappa shape index (κ3) is 4.31. The first kappa shape index (κ1) is 16.0. The lowest BCUT2D eigenvalue weighted by Gasteiger charge is -2.05. The molecule has 0 spiro atoms. The van der Waals surface area contributed by atoms with Gasteiger partial charge in [0.1, 0.15) is 9.97 Å². The fourth-order valence-corrected chi connectivity index (χ4v) is 4.19. The van der Waals surface area contributed by atoms with Gasteiger partial charge >= 0.3 is 0 Å². The van der Waals surface area contributed by atoms with E-state index < -0.39 is 15.9 Å². The summed E-state index contributed by atoms with van der Waals surface area (Å²) in [4.78, 5) is 11.6. The van der Waals surface area contributed by atoms with Crippen molar-refractivity contribution in [2.75, 3.05) is 6.54 Å². The molecule has 2 N–H and O–H groups in total. The monoisotopic (exact) mass is 348 g/mol. The average Bonchev–Trinajstić information content (AvgIpc) is 3.05. The summed E-state index contributed by atoms with van der Waals surface area (Å²) in [7, 11) is -3.73. The van der Waals surface area contributed by atoms with Crippen LogP contribution in [0.15, 0.2) is 33.1 Å². The van der Waals surface area contributed by atoms with Gasteiger partial charge in [-0.2, -0.15) is 0 Å². The summed E-state index contributed by atoms with van der Waals surface area (Å²) < 4.78 is 31.7. The van der Waals surface area contributed by atoms with Crippen LogP contribution in [-0.2, 0) is 21.4 Å². The Kier molecular flexibility index (Phi) is 5.04. The van der Waals surface area contributed by atoms with E-state index in [1.807, 2.05) is 0 Å². The number of furan rings is 1. The van der Waals surface area contributed by atoms with Crippen molar-refractivity contribution in [2.45, 2.75) is 17.7 Å². The van der Waals surface area contributed by atoms with Gasteiger partial charge in [-0.3, -0.25) is 4.79 Å². The summed E-state index contributed by atoms with van der Waals surface area (Å²) in [5.41, 5.74) is 0.685. The van der Waals surface area contributed by atoms with Gasteiger partial charge in [0.05, 0.1) is 23.7 Å². The van der Waals surface area contributed by atoms with Crippen LogP contribution >= 0.6 is 22.9 Å². The highest BCUT2D eigenvalue weighted by atomic mass is 35.5. The molecule has 2 aromatic rings. The molecule has 0 atom stereocenters. The van der Waals surface area contributed by atoms with Crippen LogP contribution in [0.4, 0.5) is 0 Å². The first-order chi connectivity index (χ1) is 9.88. The Morgan fingerprint density at radius 3 is 2.81 bits per heavy atom. The predicted molar refractivity (Wildman–Crippen MR) is 79.8 cm³/mol. The molecule has 0 saturated carbocycles. The smallest absolute Gasteiger partial charge is 0.250 e. The first-order valence-corrected chi connectivity index (χ1v) is 8.61. The molecule has 21 heavy (non-hydrogen) atoms. The quantitative estimate of drug-likeness (QED) is 0.834. The molecule has 0 fully saturated rings. The molecule has 114 valence electrons. The summed E-state index contributed by atoms with van der Waals surface area (Å²) in [6, 6.07) is 4.88. The van der Waals surface area contributed by atoms with Crippen molar-refractivity contribution in [1.82, 2.24) is 10.0 Å². The Labute approximate surface area is 131 Å². The van der Waals surface area contributed by atoms with Gasteiger partial charge in [0.15, 0.2) is 0 Å². The molecule has 2 rings (SSSR count). The van der Waals surface area contributed by atoms with Crippen molar-refractivity contribution in [3.05, 3.63) is 40.1 Å². The molecule has 0 radical (unpaired) electrons. The van der Waals surface area contributed by atoms with Crippen molar-refractivity contribution in [2.24, 2.45) is 0 Å². The Balaban J connectivity index is 1.88. The maximum Gasteiger partial charge on any atom is 0.250 e. The summed E-state index contributed by atoms with van der Waals surface area (Å²) in [5.74, 6) is 0.140. The number of thiophene rings is 1. The number of amides is 1. The molecule has 0 unspecified atom stereocenters. The molecule has 0 aliphatic carbocycles. The molecule has 0 saturated heterocycles. The minimum absolute atomic E-state index is 0.0869. The molecule has 0 bridgehead atoms. The van der Waals surface area contributed by atoms with Crippen molar-refractivity contribution in [3.8, 4) is 0 Å². The average molecular weight is 349 g/mol. The Bertz CT molecular complexity index is 703. The number of halogens is 1. The van der Waals surface area contributed by atoms with Gasteiger partial charge in [0.25, 0.3) is 10.0 Å². The highest BCUT2D eigenvalue weighted by molar-refractivity contribution is 7.91. The third-order valence-electron chi connectivity index (χ3n) is 2.56. The number of carbonyl (C=O) groups excluding carboxylic acids is 1. The van der Waals surface area contributed by atoms with Crippen LogP contribution in [0.2, 0.25) is 4.34 Å². The van der Waals surface area contributed by atoms with E-state index in [0.29, 0.717) is 15.7 Å². The number of carbonyl (C=O) groups is 1. The summed E-state index contributed by atoms with van der Waals surface area (Å²) in [6.07, 6.45) is 1.49. The third-order valence-corrected chi connectivity index (χ3v) is 5.99. The molecule has 0 aromatic carbocycles. The van der Waals surface area contributed by atoms with Crippen LogP contribution in [0.25, 0.3) is 0 Å². The van der Waals surface area contributed by atoms with E-state index in [-0.39, 0.29) is 17.3 Å². The van der Waals surface area contributed by atoms with Crippen molar-refractivity contribution < 1.29 is 17.6 Å². The van der Waals surface area contributed by atoms with Gasteiger partial charge in [0.2, 0.25) is 5.91 Å². The maximum absolute atomic E-state index is 12.0. The van der Waals surface area contributed by atoms with Gasteiger partial charge in [-0.15, -0.1) is 11.3 Å². The largest absolute Gasteiger partial charge is 0.467 e. The highest BCUT2D eigenvalue weighted by Crippen LogP contribution is 2.29. The van der Waals surface area contributed by atoms with Crippen molar-refractivity contribution in [1.29, 1.82) is 0 Å². The van der Waals surface area contributed by atoms with Crippen LogP contribution in [0.5, 0.6) is 0 Å². The number of rotatable bonds is 6. The number of nitrogens with one attached hydrogen (secondary N) is 2. The van der Waals surface area contributed by atoms with Crippen LogP contribution in [-0.4, -0.2) is 20.9 Å². The van der Waals surface area contributed by atoms with E-state index in [1.165, 1.54) is 12.3 Å². The van der Waals surface area contributed by atoms with Crippen molar-refractivity contribution in [3.63, 3.8) is 0 Å². The molecule has 2 heterocycles. The van der Waals surface area contributed by atoms with E-state index in [4.69, 9.17) is 16.0 Å². The summed E-state index contributed by atoms with van der Waals surface area (Å²) >= 11 is 6.79. The number of hydrogen-bond donors (Lipinski definition) is 2. The molecule has 1 amide bonds. The fraction of sp³-hybridized carbons (Fsp3) is 0.250. The minimum Gasteiger partial charge on any atom is -0.467 e. The predicted octanol–water partition coefficient (Wildman–Crippen LogP) is 1.90. The zero-order valence-corrected chi connectivity index (χ0v) is 13.4. The normalized spacial score (nSPS) is 11.5. The Hall–Kier alpha value is -1.35. The molecule has 0 aliphatic rings. The van der Waals surface area contributed by atoms with E-state index in [1.54, 1.807) is 19.1 Å². The number of sulfonamides is 1. The standard InChI is InChI=1S/C12H13ClN2O4S2/c1-8-5-11(20-12(8)13)21(17,18)15-7-10(16)14-6-9-3-2-4-19-9/h2-5,15H,6-7H2,1H3,(H,14,16). The number of aryl methyl sites for hydroxylation is 1. The van der Waals surface area contributed by atoms with E-state index in [0.717, 1.165) is 11.3 Å². The second-order valence-electron chi connectivity index (χ2n) is 4.20. The maximum atomic E-state index is 12.0. The van der Waals surface area contributed by atoms with Gasteiger partial charge in [0, 0.05) is 0 Å². The molecule has 6 nitrogen and oxygen atoms in total. The van der Waals surface area contributed by atoms with Gasteiger partial charge in [-0.05, 0) is 30.7 Å². The molecular formula is C12H13ClN2O4S2. The summed E-state index contributed by atoms with van der Waals surface area (Å²) in [5, 5.41) is 2.54. The van der Waals surface area contributed by atoms with E-state index in [9.17, 15) is 13.2 Å². The Morgan fingerprint density at radius 2 is 2.24 bits per heavy atom. The zero-order valence-electron chi connectivity index (χ0n) is 11.1. The van der Waals surface area contributed by atoms with Crippen LogP contribution in [0.3, 0.4) is 0 Å². The highest BCUT2D eigenvalue weighted by Gasteiger charge is 2.19. The second-order valence-corrected chi connectivity index (χ2v) is 7.85. The van der Waals surface area contributed by atoms with Crippen LogP contribution in [0, 0.1) is 6.92 Å². The molecular weight excluding hydrogens is 336 g/mol. The fourth-order valence-electron chi connectivity index (χ4n) is 1.46. The van der Waals surface area contributed by atoms with Crippen LogP contribution in [0.1, 0.15) is 11.3 Å². The minimum atomic E-state index is -3.73. The van der Waals surface area contributed by atoms with Gasteiger partial charge in [-0.25, -0.2) is 13.1 Å². The van der Waals surface area contributed by atoms with Gasteiger partial charge < -0.3 is 9.73 Å². The molecule has 2 aromatic heterocycles. The lowest BCUT2D eigenvalue weighted by atomic mass is 10.4. The topological polar surface area (TPSA) is 88.4 Å². The summed E-state index contributed by atoms with van der Waals surface area (Å²) in [6.45, 7) is 1.57. The molecule has 9 heteroatoms. The first-order valence-electron chi connectivity index (χ1n) is 5.93. The molecule has 0 aliphatic heterocycles. The SMILES string of the molecule is Cc1cc(S(=O)(=O)NCC(=O)NCc2ccco2)sc1Cl. The van der Waals surface area contributed by atoms with E-state index >= 15 is 0 Å². The van der Waals surface area contributed by atoms with Gasteiger partial charge in [-0.1, -0.05) is 11.6 Å².